The molecule has 3 N–H and O–H groups in total. The highest BCUT2D eigenvalue weighted by atomic mass is 32.2. The summed E-state index contributed by atoms with van der Waals surface area (Å²) in [6.07, 6.45) is 0. The molecule has 1 fully saturated rings. The van der Waals surface area contributed by atoms with Gasteiger partial charge in [0.15, 0.2) is 0 Å². The van der Waals surface area contributed by atoms with E-state index >= 15 is 0 Å². The summed E-state index contributed by atoms with van der Waals surface area (Å²) >= 11 is 1.93. The predicted molar refractivity (Wildman–Crippen MR) is 66.1 cm³/mol. The SMILES string of the molecule is COCC(C(=O)NN)N1CCSC(C)(C)C1. The Morgan fingerprint density at radius 1 is 1.69 bits per heavy atom. The maximum absolute atomic E-state index is 11.6. The lowest BCUT2D eigenvalue weighted by molar-refractivity contribution is -0.128. The maximum atomic E-state index is 11.6. The van der Waals surface area contributed by atoms with E-state index in [1.165, 1.54) is 0 Å². The van der Waals surface area contributed by atoms with E-state index in [2.05, 4.69) is 24.2 Å². The normalized spacial score (nSPS) is 22.8. The van der Waals surface area contributed by atoms with Gasteiger partial charge in [-0.2, -0.15) is 11.8 Å². The molecule has 94 valence electrons. The number of hydrogen-bond acceptors (Lipinski definition) is 5. The molecular weight excluding hydrogens is 226 g/mol. The molecule has 0 spiro atoms. The molecule has 1 unspecified atom stereocenters. The van der Waals surface area contributed by atoms with Crippen molar-refractivity contribution in [2.45, 2.75) is 24.6 Å². The second-order valence-corrected chi connectivity index (χ2v) is 6.36. The van der Waals surface area contributed by atoms with Crippen molar-refractivity contribution in [2.75, 3.05) is 32.6 Å². The highest BCUT2D eigenvalue weighted by Crippen LogP contribution is 2.30. The number of carbonyl (C=O) groups excluding carboxylic acids is 1. The fourth-order valence-corrected chi connectivity index (χ4v) is 3.06. The van der Waals surface area contributed by atoms with Crippen molar-refractivity contribution in [2.24, 2.45) is 5.84 Å². The number of rotatable bonds is 4. The first-order valence-corrected chi connectivity index (χ1v) is 6.36. The number of amides is 1. The Labute approximate surface area is 101 Å². The quantitative estimate of drug-likeness (QED) is 0.410. The molecule has 1 aliphatic rings. The molecule has 1 aliphatic heterocycles. The van der Waals surface area contributed by atoms with Crippen LogP contribution in [0.4, 0.5) is 0 Å². The van der Waals surface area contributed by atoms with Crippen molar-refractivity contribution in [3.8, 4) is 0 Å². The van der Waals surface area contributed by atoms with Gasteiger partial charge in [0, 0.05) is 30.7 Å². The Balaban J connectivity index is 2.66. The summed E-state index contributed by atoms with van der Waals surface area (Å²) in [7, 11) is 1.60. The Kier molecular flexibility index (Phi) is 5.04. The van der Waals surface area contributed by atoms with Crippen LogP contribution in [0, 0.1) is 0 Å². The maximum Gasteiger partial charge on any atom is 0.253 e. The zero-order valence-corrected chi connectivity index (χ0v) is 11.0. The number of nitrogens with two attached hydrogens (primary N) is 1. The van der Waals surface area contributed by atoms with Crippen LogP contribution in [0.1, 0.15) is 13.8 Å². The molecule has 0 radical (unpaired) electrons. The first-order valence-electron chi connectivity index (χ1n) is 5.37. The summed E-state index contributed by atoms with van der Waals surface area (Å²) in [6.45, 7) is 6.53. The van der Waals surface area contributed by atoms with Crippen molar-refractivity contribution in [3.05, 3.63) is 0 Å². The van der Waals surface area contributed by atoms with Gasteiger partial charge < -0.3 is 4.74 Å². The Morgan fingerprint density at radius 3 is 2.88 bits per heavy atom. The highest BCUT2D eigenvalue weighted by molar-refractivity contribution is 8.00. The van der Waals surface area contributed by atoms with Crippen LogP contribution in [0.5, 0.6) is 0 Å². The van der Waals surface area contributed by atoms with Crippen LogP contribution in [0.3, 0.4) is 0 Å². The monoisotopic (exact) mass is 247 g/mol. The van der Waals surface area contributed by atoms with E-state index in [0.717, 1.165) is 18.8 Å². The number of methoxy groups -OCH3 is 1. The average molecular weight is 247 g/mol. The smallest absolute Gasteiger partial charge is 0.253 e. The van der Waals surface area contributed by atoms with Gasteiger partial charge in [0.25, 0.3) is 5.91 Å². The van der Waals surface area contributed by atoms with Crippen LogP contribution in [0.2, 0.25) is 0 Å². The summed E-state index contributed by atoms with van der Waals surface area (Å²) in [5, 5.41) is 0. The van der Waals surface area contributed by atoms with Crippen LogP contribution >= 0.6 is 11.8 Å². The molecule has 0 aliphatic carbocycles. The molecule has 1 heterocycles. The second kappa shape index (κ2) is 5.86. The summed E-state index contributed by atoms with van der Waals surface area (Å²) in [5.41, 5.74) is 2.21. The van der Waals surface area contributed by atoms with Gasteiger partial charge in [0.1, 0.15) is 6.04 Å². The minimum atomic E-state index is -0.282. The molecule has 1 atom stereocenters. The third kappa shape index (κ3) is 3.62. The molecule has 0 aromatic heterocycles. The molecular formula is C10H21N3O2S. The molecule has 0 aromatic carbocycles. The van der Waals surface area contributed by atoms with Gasteiger partial charge in [0.2, 0.25) is 0 Å². The number of nitrogens with zero attached hydrogens (tertiary/aromatic N) is 1. The van der Waals surface area contributed by atoms with Gasteiger partial charge in [-0.1, -0.05) is 0 Å². The fraction of sp³-hybridized carbons (Fsp3) is 0.900. The topological polar surface area (TPSA) is 67.6 Å². The minimum absolute atomic E-state index is 0.176. The van der Waals surface area contributed by atoms with E-state index in [-0.39, 0.29) is 16.7 Å². The molecule has 1 amide bonds. The van der Waals surface area contributed by atoms with Gasteiger partial charge in [-0.25, -0.2) is 5.84 Å². The largest absolute Gasteiger partial charge is 0.383 e. The molecule has 0 saturated carbocycles. The first kappa shape index (κ1) is 13.8. The second-order valence-electron chi connectivity index (χ2n) is 4.56. The standard InChI is InChI=1S/C10H21N3O2S/c1-10(2)7-13(4-5-16-10)8(6-15-3)9(14)12-11/h8H,4-7,11H2,1-3H3,(H,12,14). The summed E-state index contributed by atoms with van der Waals surface area (Å²) in [6, 6.07) is -0.282. The van der Waals surface area contributed by atoms with E-state index in [1.807, 2.05) is 11.8 Å². The summed E-state index contributed by atoms with van der Waals surface area (Å²) in [5.74, 6) is 6.05. The zero-order chi connectivity index (χ0) is 12.2. The van der Waals surface area contributed by atoms with Crippen LogP contribution in [0.25, 0.3) is 0 Å². The fourth-order valence-electron chi connectivity index (χ4n) is 1.92. The van der Waals surface area contributed by atoms with Crippen LogP contribution < -0.4 is 11.3 Å². The minimum Gasteiger partial charge on any atom is -0.383 e. The predicted octanol–water partition coefficient (Wildman–Crippen LogP) is -0.181. The number of nitrogens with one attached hydrogen (secondary N) is 1. The molecule has 1 rings (SSSR count). The molecule has 0 aromatic rings. The van der Waals surface area contributed by atoms with E-state index in [9.17, 15) is 4.79 Å². The number of thioether (sulfide) groups is 1. The Hall–Kier alpha value is -0.300. The van der Waals surface area contributed by atoms with Crippen molar-refractivity contribution >= 4 is 17.7 Å². The molecule has 5 nitrogen and oxygen atoms in total. The summed E-state index contributed by atoms with van der Waals surface area (Å²) in [4.78, 5) is 13.8. The molecule has 16 heavy (non-hydrogen) atoms. The van der Waals surface area contributed by atoms with E-state index < -0.39 is 0 Å². The highest BCUT2D eigenvalue weighted by Gasteiger charge is 2.34. The molecule has 1 saturated heterocycles. The lowest BCUT2D eigenvalue weighted by Crippen LogP contribution is -2.56. The van der Waals surface area contributed by atoms with Crippen molar-refractivity contribution in [1.29, 1.82) is 0 Å². The number of hydrazine groups is 1. The van der Waals surface area contributed by atoms with Gasteiger partial charge in [0.05, 0.1) is 6.61 Å². The Bertz CT molecular complexity index is 248. The molecule has 6 heteroatoms. The van der Waals surface area contributed by atoms with Crippen molar-refractivity contribution < 1.29 is 9.53 Å². The number of carbonyl (C=O) groups is 1. The lowest BCUT2D eigenvalue weighted by Gasteiger charge is -2.40. The van der Waals surface area contributed by atoms with Crippen LogP contribution in [-0.2, 0) is 9.53 Å². The number of ether oxygens (including phenoxy) is 1. The zero-order valence-electron chi connectivity index (χ0n) is 10.2. The summed E-state index contributed by atoms with van der Waals surface area (Å²) < 4.78 is 5.26. The van der Waals surface area contributed by atoms with Gasteiger partial charge >= 0.3 is 0 Å². The van der Waals surface area contributed by atoms with Gasteiger partial charge in [-0.05, 0) is 13.8 Å². The van der Waals surface area contributed by atoms with E-state index in [1.54, 1.807) is 7.11 Å². The third-order valence-corrected chi connectivity index (χ3v) is 3.96. The van der Waals surface area contributed by atoms with Crippen LogP contribution in [0.15, 0.2) is 0 Å². The van der Waals surface area contributed by atoms with E-state index in [4.69, 9.17) is 10.6 Å². The van der Waals surface area contributed by atoms with Crippen molar-refractivity contribution in [3.63, 3.8) is 0 Å². The lowest BCUT2D eigenvalue weighted by atomic mass is 10.1. The first-order chi connectivity index (χ1) is 7.50. The third-order valence-electron chi connectivity index (χ3n) is 2.67. The number of hydrogen-bond donors (Lipinski definition) is 2. The average Bonchev–Trinajstić information content (AvgIpc) is 2.23. The van der Waals surface area contributed by atoms with Crippen LogP contribution in [-0.4, -0.2) is 54.2 Å². The van der Waals surface area contributed by atoms with Gasteiger partial charge in [-0.15, -0.1) is 0 Å². The van der Waals surface area contributed by atoms with Crippen molar-refractivity contribution in [1.82, 2.24) is 10.3 Å². The molecule has 0 bridgehead atoms. The Morgan fingerprint density at radius 2 is 2.38 bits per heavy atom. The van der Waals surface area contributed by atoms with E-state index in [0.29, 0.717) is 6.61 Å². The van der Waals surface area contributed by atoms with Gasteiger partial charge in [-0.3, -0.25) is 15.1 Å².